The molecule has 0 spiro atoms. The van der Waals surface area contributed by atoms with E-state index in [4.69, 9.17) is 9.84 Å². The number of Topliss-reactive ketones (excluding diaryl/α,β-unsaturated/α-hetero) is 1. The molecule has 0 fully saturated rings. The number of carbonyl (C=O) groups is 1. The van der Waals surface area contributed by atoms with E-state index in [0.29, 0.717) is 18.6 Å². The van der Waals surface area contributed by atoms with E-state index in [1.807, 2.05) is 6.92 Å². The van der Waals surface area contributed by atoms with Crippen molar-refractivity contribution in [3.8, 4) is 5.75 Å². The summed E-state index contributed by atoms with van der Waals surface area (Å²) in [5.41, 5.74) is 1.44. The number of ether oxygens (including phenoxy) is 1. The van der Waals surface area contributed by atoms with Crippen LogP contribution in [0.25, 0.3) is 0 Å². The quantitative estimate of drug-likeness (QED) is 0.493. The molecule has 6 heteroatoms. The minimum absolute atomic E-state index is 0.244. The minimum Gasteiger partial charge on any atom is -0.493 e. The number of hydrogen-bond donors (Lipinski definition) is 1. The van der Waals surface area contributed by atoms with Gasteiger partial charge in [-0.1, -0.05) is 19.8 Å². The number of unbranched alkanes of at least 4 members (excludes halogenated alkanes) is 3. The lowest BCUT2D eigenvalue weighted by atomic mass is 10.0. The monoisotopic (exact) mass is 342 g/mol. The van der Waals surface area contributed by atoms with Crippen molar-refractivity contribution in [2.24, 2.45) is 0 Å². The largest absolute Gasteiger partial charge is 0.493 e. The van der Waals surface area contributed by atoms with Crippen LogP contribution in [0.4, 0.5) is 0 Å². The number of hydrogen-bond acceptors (Lipinski definition) is 5. The first-order valence-electron chi connectivity index (χ1n) is 7.95. The molecule has 0 saturated heterocycles. The Kier molecular flexibility index (Phi) is 8.26. The molecule has 0 aliphatic carbocycles. The Morgan fingerprint density at radius 3 is 2.48 bits per heavy atom. The van der Waals surface area contributed by atoms with E-state index in [2.05, 4.69) is 0 Å². The average Bonchev–Trinajstić information content (AvgIpc) is 2.52. The van der Waals surface area contributed by atoms with Gasteiger partial charge in [-0.2, -0.15) is 0 Å². The molecule has 1 aromatic carbocycles. The van der Waals surface area contributed by atoms with Gasteiger partial charge in [0.05, 0.1) is 6.61 Å². The van der Waals surface area contributed by atoms with Crippen LogP contribution in [0.3, 0.4) is 0 Å². The summed E-state index contributed by atoms with van der Waals surface area (Å²) in [5, 5.41) is 8.90. The number of aliphatic hydroxyl groups excluding tert-OH is 1. The third-order valence-electron chi connectivity index (χ3n) is 3.57. The molecule has 0 heterocycles. The normalized spacial score (nSPS) is 11.4. The van der Waals surface area contributed by atoms with E-state index < -0.39 is 16.4 Å². The van der Waals surface area contributed by atoms with E-state index >= 15 is 0 Å². The van der Waals surface area contributed by atoms with Crippen molar-refractivity contribution in [2.75, 3.05) is 25.2 Å². The number of carbonyl (C=O) groups excluding carboxylic acids is 1. The van der Waals surface area contributed by atoms with Gasteiger partial charge >= 0.3 is 0 Å². The van der Waals surface area contributed by atoms with E-state index in [-0.39, 0.29) is 11.5 Å². The third-order valence-corrected chi connectivity index (χ3v) is 4.60. The number of ketones is 1. The summed E-state index contributed by atoms with van der Waals surface area (Å²) >= 11 is 0. The van der Waals surface area contributed by atoms with Crippen LogP contribution in [0.15, 0.2) is 18.2 Å². The lowest BCUT2D eigenvalue weighted by molar-refractivity contribution is 0.0903. The Hall–Kier alpha value is -1.40. The minimum atomic E-state index is -2.86. The SMILES string of the molecule is CCc1cc(C(=O)CO)ccc1OCCCCCCS(C)(=O)=O. The fourth-order valence-corrected chi connectivity index (χ4v) is 2.99. The van der Waals surface area contributed by atoms with Gasteiger partial charge in [0.1, 0.15) is 22.2 Å². The molecule has 1 aromatic rings. The van der Waals surface area contributed by atoms with Crippen molar-refractivity contribution in [1.82, 2.24) is 0 Å². The van der Waals surface area contributed by atoms with E-state index in [1.54, 1.807) is 18.2 Å². The van der Waals surface area contributed by atoms with Crippen LogP contribution in [0.5, 0.6) is 5.75 Å². The highest BCUT2D eigenvalue weighted by Crippen LogP contribution is 2.21. The molecule has 0 aromatic heterocycles. The first-order chi connectivity index (χ1) is 10.9. The average molecular weight is 342 g/mol. The zero-order valence-electron chi connectivity index (χ0n) is 13.9. The summed E-state index contributed by atoms with van der Waals surface area (Å²) in [6.07, 6.45) is 5.37. The van der Waals surface area contributed by atoms with Gasteiger partial charge in [0.25, 0.3) is 0 Å². The van der Waals surface area contributed by atoms with Crippen molar-refractivity contribution in [3.05, 3.63) is 29.3 Å². The summed E-state index contributed by atoms with van der Waals surface area (Å²) in [4.78, 5) is 11.5. The number of aryl methyl sites for hydroxylation is 1. The maximum absolute atomic E-state index is 11.5. The van der Waals surface area contributed by atoms with Crippen LogP contribution in [-0.2, 0) is 16.3 Å². The molecule has 0 bridgehead atoms. The Bertz CT molecular complexity index is 607. The third kappa shape index (κ3) is 7.61. The van der Waals surface area contributed by atoms with E-state index in [0.717, 1.165) is 37.0 Å². The first kappa shape index (κ1) is 19.6. The van der Waals surface area contributed by atoms with Crippen LogP contribution < -0.4 is 4.74 Å². The zero-order chi connectivity index (χ0) is 17.3. The molecule has 0 amide bonds. The number of benzene rings is 1. The van der Waals surface area contributed by atoms with E-state index in [9.17, 15) is 13.2 Å². The van der Waals surface area contributed by atoms with Gasteiger partial charge < -0.3 is 9.84 Å². The molecule has 0 saturated carbocycles. The number of rotatable bonds is 11. The predicted octanol–water partition coefficient (Wildman–Crippen LogP) is 2.41. The molecule has 5 nitrogen and oxygen atoms in total. The van der Waals surface area contributed by atoms with Crippen LogP contribution in [-0.4, -0.2) is 44.5 Å². The highest BCUT2D eigenvalue weighted by atomic mass is 32.2. The molecule has 0 unspecified atom stereocenters. The van der Waals surface area contributed by atoms with Gasteiger partial charge in [-0.15, -0.1) is 0 Å². The lowest BCUT2D eigenvalue weighted by Gasteiger charge is -2.11. The molecular formula is C17H26O5S. The first-order valence-corrected chi connectivity index (χ1v) is 10.0. The number of sulfone groups is 1. The molecule has 0 atom stereocenters. The Morgan fingerprint density at radius 2 is 1.87 bits per heavy atom. The second-order valence-corrected chi connectivity index (χ2v) is 7.91. The summed E-state index contributed by atoms with van der Waals surface area (Å²) in [7, 11) is -2.86. The molecule has 0 radical (unpaired) electrons. The molecule has 23 heavy (non-hydrogen) atoms. The van der Waals surface area contributed by atoms with Gasteiger partial charge in [0, 0.05) is 17.6 Å². The van der Waals surface area contributed by atoms with Crippen molar-refractivity contribution in [1.29, 1.82) is 0 Å². The van der Waals surface area contributed by atoms with Crippen molar-refractivity contribution in [3.63, 3.8) is 0 Å². The van der Waals surface area contributed by atoms with Gasteiger partial charge in [-0.3, -0.25) is 4.79 Å². The summed E-state index contributed by atoms with van der Waals surface area (Å²) in [5.74, 6) is 0.712. The predicted molar refractivity (Wildman–Crippen MR) is 90.9 cm³/mol. The molecule has 0 aliphatic heterocycles. The Labute approximate surface area is 138 Å². The second-order valence-electron chi connectivity index (χ2n) is 5.65. The lowest BCUT2D eigenvalue weighted by Crippen LogP contribution is -2.06. The summed E-state index contributed by atoms with van der Waals surface area (Å²) < 4.78 is 27.8. The Balaban J connectivity index is 2.38. The van der Waals surface area contributed by atoms with Crippen LogP contribution in [0.2, 0.25) is 0 Å². The van der Waals surface area contributed by atoms with Crippen molar-refractivity contribution < 1.29 is 23.1 Å². The maximum atomic E-state index is 11.5. The van der Waals surface area contributed by atoms with Gasteiger partial charge in [0.15, 0.2) is 5.78 Å². The van der Waals surface area contributed by atoms with Crippen LogP contribution >= 0.6 is 0 Å². The van der Waals surface area contributed by atoms with Crippen molar-refractivity contribution in [2.45, 2.75) is 39.0 Å². The van der Waals surface area contributed by atoms with E-state index in [1.165, 1.54) is 6.26 Å². The fraction of sp³-hybridized carbons (Fsp3) is 0.588. The molecule has 1 N–H and O–H groups in total. The summed E-state index contributed by atoms with van der Waals surface area (Å²) in [6, 6.07) is 5.20. The fourth-order valence-electron chi connectivity index (χ4n) is 2.26. The molecule has 1 rings (SSSR count). The standard InChI is InChI=1S/C17H26O5S/c1-3-14-12-15(16(19)13-18)8-9-17(14)22-10-6-4-5-7-11-23(2,20)21/h8-9,12,18H,3-7,10-11,13H2,1-2H3. The van der Waals surface area contributed by atoms with Crippen LogP contribution in [0.1, 0.15) is 48.5 Å². The number of aliphatic hydroxyl groups is 1. The zero-order valence-corrected chi connectivity index (χ0v) is 14.7. The smallest absolute Gasteiger partial charge is 0.188 e. The highest BCUT2D eigenvalue weighted by molar-refractivity contribution is 7.90. The molecule has 130 valence electrons. The molecular weight excluding hydrogens is 316 g/mol. The molecule has 0 aliphatic rings. The topological polar surface area (TPSA) is 80.7 Å². The van der Waals surface area contributed by atoms with Gasteiger partial charge in [-0.05, 0) is 43.0 Å². The van der Waals surface area contributed by atoms with Crippen molar-refractivity contribution >= 4 is 15.6 Å². The Morgan fingerprint density at radius 1 is 1.17 bits per heavy atom. The van der Waals surface area contributed by atoms with Gasteiger partial charge in [-0.25, -0.2) is 8.42 Å². The summed E-state index contributed by atoms with van der Waals surface area (Å²) in [6.45, 7) is 2.07. The second kappa shape index (κ2) is 9.67. The maximum Gasteiger partial charge on any atom is 0.188 e. The highest BCUT2D eigenvalue weighted by Gasteiger charge is 2.09. The van der Waals surface area contributed by atoms with Gasteiger partial charge in [0.2, 0.25) is 0 Å². The van der Waals surface area contributed by atoms with Crippen LogP contribution in [0, 0.1) is 0 Å².